The van der Waals surface area contributed by atoms with Crippen LogP contribution in [0.4, 0.5) is 5.69 Å². The first-order chi connectivity index (χ1) is 14.4. The molecule has 0 spiro atoms. The second kappa shape index (κ2) is 12.4. The largest absolute Gasteiger partial charge is 0.478 e. The van der Waals surface area contributed by atoms with Gasteiger partial charge in [-0.05, 0) is 36.5 Å². The van der Waals surface area contributed by atoms with Crippen LogP contribution in [0.5, 0.6) is 0 Å². The molecule has 2 aromatic rings. The first-order valence-electron chi connectivity index (χ1n) is 10.2. The molecule has 2 unspecified atom stereocenters. The lowest BCUT2D eigenvalue weighted by Crippen LogP contribution is -2.45. The van der Waals surface area contributed by atoms with E-state index in [0.717, 1.165) is 6.42 Å². The molecule has 3 N–H and O–H groups in total. The lowest BCUT2D eigenvalue weighted by Gasteiger charge is -2.37. The number of anilines is 1. The van der Waals surface area contributed by atoms with Crippen LogP contribution in [-0.2, 0) is 16.0 Å². The molecular formula is C24H30N2O4. The van der Waals surface area contributed by atoms with Gasteiger partial charge in [-0.3, -0.25) is 0 Å². The number of likely N-dealkylation sites (tertiary alicyclic amines) is 1. The van der Waals surface area contributed by atoms with E-state index in [1.54, 1.807) is 0 Å². The maximum Gasteiger partial charge on any atom is 0.328 e. The fourth-order valence-electron chi connectivity index (χ4n) is 3.47. The first kappa shape index (κ1) is 23.2. The minimum absolute atomic E-state index is 0.558. The molecule has 2 atom stereocenters. The van der Waals surface area contributed by atoms with Gasteiger partial charge in [0.15, 0.2) is 0 Å². The fourth-order valence-corrected chi connectivity index (χ4v) is 3.47. The summed E-state index contributed by atoms with van der Waals surface area (Å²) in [5, 5.41) is 19.3. The number of nitrogens with zero attached hydrogens (tertiary/aromatic N) is 1. The fraction of sp³-hybridized carbons (Fsp3) is 0.333. The highest BCUT2D eigenvalue weighted by Gasteiger charge is 2.25. The third kappa shape index (κ3) is 8.92. The Morgan fingerprint density at radius 2 is 1.57 bits per heavy atom. The molecule has 1 saturated heterocycles. The van der Waals surface area contributed by atoms with Gasteiger partial charge < -0.3 is 20.4 Å². The van der Waals surface area contributed by atoms with Gasteiger partial charge in [-0.2, -0.15) is 0 Å². The Kier molecular flexibility index (Phi) is 9.61. The maximum atomic E-state index is 9.55. The van der Waals surface area contributed by atoms with Crippen LogP contribution in [0.15, 0.2) is 72.8 Å². The van der Waals surface area contributed by atoms with E-state index in [1.807, 2.05) is 0 Å². The Bertz CT molecular complexity index is 792. The maximum absolute atomic E-state index is 9.55. The number of benzene rings is 2. The van der Waals surface area contributed by atoms with Gasteiger partial charge in [0.2, 0.25) is 0 Å². The Morgan fingerprint density at radius 3 is 2.10 bits per heavy atom. The second-order valence-electron chi connectivity index (χ2n) is 7.43. The summed E-state index contributed by atoms with van der Waals surface area (Å²) in [6, 6.07) is 22.0. The Morgan fingerprint density at radius 1 is 1.00 bits per heavy atom. The second-order valence-corrected chi connectivity index (χ2v) is 7.43. The van der Waals surface area contributed by atoms with Crippen molar-refractivity contribution in [3.63, 3.8) is 0 Å². The van der Waals surface area contributed by atoms with Crippen molar-refractivity contribution in [3.05, 3.63) is 78.4 Å². The highest BCUT2D eigenvalue weighted by atomic mass is 16.4. The molecule has 1 aliphatic heterocycles. The smallest absolute Gasteiger partial charge is 0.328 e. The third-order valence-corrected chi connectivity index (χ3v) is 5.04. The van der Waals surface area contributed by atoms with E-state index in [4.69, 9.17) is 10.2 Å². The molecule has 0 amide bonds. The van der Waals surface area contributed by atoms with E-state index >= 15 is 0 Å². The van der Waals surface area contributed by atoms with Crippen LogP contribution in [0.25, 0.3) is 0 Å². The topological polar surface area (TPSA) is 89.9 Å². The molecule has 0 saturated carbocycles. The van der Waals surface area contributed by atoms with Crippen LogP contribution in [0.2, 0.25) is 0 Å². The average Bonchev–Trinajstić information content (AvgIpc) is 2.74. The number of hydrogen-bond donors (Lipinski definition) is 3. The molecule has 0 aliphatic carbocycles. The van der Waals surface area contributed by atoms with E-state index in [1.165, 1.54) is 37.3 Å². The molecule has 6 heteroatoms. The predicted molar refractivity (Wildman–Crippen MR) is 119 cm³/mol. The van der Waals surface area contributed by atoms with Crippen molar-refractivity contribution in [2.24, 2.45) is 5.92 Å². The van der Waals surface area contributed by atoms with Gasteiger partial charge in [0.25, 0.3) is 0 Å². The van der Waals surface area contributed by atoms with Gasteiger partial charge in [0, 0.05) is 43.5 Å². The lowest BCUT2D eigenvalue weighted by molar-refractivity contribution is -0.134. The summed E-state index contributed by atoms with van der Waals surface area (Å²) < 4.78 is 0. The Labute approximate surface area is 177 Å². The molecular weight excluding hydrogens is 380 g/mol. The number of carboxylic acids is 2. The highest BCUT2D eigenvalue weighted by molar-refractivity contribution is 5.89. The molecule has 2 aromatic carbocycles. The van der Waals surface area contributed by atoms with Crippen molar-refractivity contribution in [1.82, 2.24) is 4.90 Å². The van der Waals surface area contributed by atoms with Crippen molar-refractivity contribution in [2.45, 2.75) is 25.8 Å². The molecule has 160 valence electrons. The lowest BCUT2D eigenvalue weighted by atomic mass is 9.93. The zero-order valence-electron chi connectivity index (χ0n) is 17.3. The van der Waals surface area contributed by atoms with E-state index in [9.17, 15) is 9.59 Å². The summed E-state index contributed by atoms with van der Waals surface area (Å²) in [4.78, 5) is 21.7. The van der Waals surface area contributed by atoms with Gasteiger partial charge in [-0.1, -0.05) is 55.5 Å². The molecule has 3 rings (SSSR count). The highest BCUT2D eigenvalue weighted by Crippen LogP contribution is 2.21. The summed E-state index contributed by atoms with van der Waals surface area (Å²) >= 11 is 0. The van der Waals surface area contributed by atoms with E-state index in [0.29, 0.717) is 24.1 Å². The molecule has 30 heavy (non-hydrogen) atoms. The molecule has 6 nitrogen and oxygen atoms in total. The molecule has 1 aliphatic rings. The molecule has 0 aromatic heterocycles. The monoisotopic (exact) mass is 410 g/mol. The van der Waals surface area contributed by atoms with Crippen molar-refractivity contribution in [1.29, 1.82) is 0 Å². The summed E-state index contributed by atoms with van der Waals surface area (Å²) in [7, 11) is 0. The van der Waals surface area contributed by atoms with Gasteiger partial charge in [-0.25, -0.2) is 9.59 Å². The molecule has 1 fully saturated rings. The summed E-state index contributed by atoms with van der Waals surface area (Å²) in [6.45, 7) is 5.93. The number of piperidine rings is 1. The van der Waals surface area contributed by atoms with E-state index < -0.39 is 11.9 Å². The summed E-state index contributed by atoms with van der Waals surface area (Å²) in [5.74, 6) is -1.83. The van der Waals surface area contributed by atoms with Gasteiger partial charge >= 0.3 is 11.9 Å². The standard InChI is InChI=1S/C20H26N2.C4H4O4/c1-17-16-22(14-12-18-8-4-2-5-9-18)15-13-20(17)21-19-10-6-3-7-11-19;5-3(6)1-2-4(7)8/h2-11,17,20-21H,12-16H2,1H3;1-2H,(H,5,6)(H,7,8)/b;2-1-. The van der Waals surface area contributed by atoms with Crippen LogP contribution >= 0.6 is 0 Å². The minimum Gasteiger partial charge on any atom is -0.478 e. The average molecular weight is 411 g/mol. The summed E-state index contributed by atoms with van der Waals surface area (Å²) in [5.41, 5.74) is 2.69. The van der Waals surface area contributed by atoms with Crippen LogP contribution in [0.1, 0.15) is 18.9 Å². The SMILES string of the molecule is CC1CN(CCc2ccccc2)CCC1Nc1ccccc1.O=C(O)/C=C\C(=O)O. The number of carboxylic acid groups (broad SMARTS) is 2. The number of aliphatic carboxylic acids is 2. The Balaban J connectivity index is 0.000000343. The van der Waals surface area contributed by atoms with Crippen LogP contribution in [0.3, 0.4) is 0 Å². The van der Waals surface area contributed by atoms with Gasteiger partial charge in [0.05, 0.1) is 0 Å². The first-order valence-corrected chi connectivity index (χ1v) is 10.2. The number of nitrogens with one attached hydrogen (secondary N) is 1. The van der Waals surface area contributed by atoms with Crippen molar-refractivity contribution in [3.8, 4) is 0 Å². The summed E-state index contributed by atoms with van der Waals surface area (Å²) in [6.07, 6.45) is 3.50. The number of hydrogen-bond acceptors (Lipinski definition) is 4. The quantitative estimate of drug-likeness (QED) is 0.602. The van der Waals surface area contributed by atoms with Crippen molar-refractivity contribution >= 4 is 17.6 Å². The van der Waals surface area contributed by atoms with E-state index in [-0.39, 0.29) is 0 Å². The Hall–Kier alpha value is -3.12. The predicted octanol–water partition coefficient (Wildman–Crippen LogP) is 3.76. The van der Waals surface area contributed by atoms with Crippen molar-refractivity contribution < 1.29 is 19.8 Å². The zero-order valence-corrected chi connectivity index (χ0v) is 17.3. The van der Waals surface area contributed by atoms with Crippen LogP contribution in [-0.4, -0.2) is 52.7 Å². The molecule has 1 heterocycles. The van der Waals surface area contributed by atoms with Crippen molar-refractivity contribution in [2.75, 3.05) is 25.0 Å². The van der Waals surface area contributed by atoms with Crippen LogP contribution < -0.4 is 5.32 Å². The third-order valence-electron chi connectivity index (χ3n) is 5.04. The van der Waals surface area contributed by atoms with Gasteiger partial charge in [-0.15, -0.1) is 0 Å². The minimum atomic E-state index is -1.26. The zero-order chi connectivity index (χ0) is 21.8. The number of para-hydroxylation sites is 1. The normalized spacial score (nSPS) is 19.0. The molecule has 0 radical (unpaired) electrons. The van der Waals surface area contributed by atoms with Crippen LogP contribution in [0, 0.1) is 5.92 Å². The molecule has 0 bridgehead atoms. The number of carbonyl (C=O) groups is 2. The van der Waals surface area contributed by atoms with Gasteiger partial charge in [0.1, 0.15) is 0 Å². The number of rotatable bonds is 7. The van der Waals surface area contributed by atoms with E-state index in [2.05, 4.69) is 77.8 Å².